The maximum Gasteiger partial charge on any atom is 0.263 e. The molecule has 0 saturated carbocycles. The molecule has 2 aliphatic rings. The monoisotopic (exact) mass is 537 g/mol. The number of benzene rings is 1. The van der Waals surface area contributed by atoms with Gasteiger partial charge in [0.05, 0.1) is 49.6 Å². The van der Waals surface area contributed by atoms with E-state index in [4.69, 9.17) is 24.9 Å². The normalized spacial score (nSPS) is 19.8. The van der Waals surface area contributed by atoms with E-state index >= 15 is 0 Å². The number of anilines is 2. The van der Waals surface area contributed by atoms with E-state index in [0.717, 1.165) is 49.3 Å². The molecule has 0 radical (unpaired) electrons. The molecular weight excluding hydrogens is 498 g/mol. The van der Waals surface area contributed by atoms with E-state index < -0.39 is 6.10 Å². The van der Waals surface area contributed by atoms with Crippen molar-refractivity contribution in [3.63, 3.8) is 0 Å². The minimum atomic E-state index is -0.678. The summed E-state index contributed by atoms with van der Waals surface area (Å²) >= 11 is 0. The summed E-state index contributed by atoms with van der Waals surface area (Å²) in [5, 5.41) is 15.4. The first-order valence-electron chi connectivity index (χ1n) is 13.6. The van der Waals surface area contributed by atoms with Crippen LogP contribution in [0, 0.1) is 0 Å². The second kappa shape index (κ2) is 12.3. The number of aromatic nitrogens is 4. The molecule has 2 fully saturated rings. The maximum absolute atomic E-state index is 10.9. The molecule has 0 spiro atoms. The van der Waals surface area contributed by atoms with E-state index in [9.17, 15) is 5.11 Å². The molecule has 2 unspecified atom stereocenters. The lowest BCUT2D eigenvalue weighted by atomic mass is 10.00. The van der Waals surface area contributed by atoms with Gasteiger partial charge >= 0.3 is 0 Å². The van der Waals surface area contributed by atoms with Crippen molar-refractivity contribution in [1.29, 1.82) is 0 Å². The largest absolute Gasteiger partial charge is 0.433 e. The molecule has 2 aliphatic heterocycles. The molecule has 210 valence electrons. The predicted octanol–water partition coefficient (Wildman–Crippen LogP) is 3.28. The number of piperidine rings is 1. The number of morpholine rings is 1. The number of ether oxygens (including phenoxy) is 3. The zero-order valence-electron chi connectivity index (χ0n) is 23.0. The molecule has 2 saturated heterocycles. The molecule has 11 nitrogen and oxygen atoms in total. The van der Waals surface area contributed by atoms with E-state index in [2.05, 4.69) is 39.9 Å². The van der Waals surface area contributed by atoms with E-state index in [1.807, 2.05) is 23.0 Å². The average Bonchev–Trinajstić information content (AvgIpc) is 3.41. The van der Waals surface area contributed by atoms with Crippen LogP contribution in [0.1, 0.15) is 43.9 Å². The summed E-state index contributed by atoms with van der Waals surface area (Å²) in [5.74, 6) is 0.991. The van der Waals surface area contributed by atoms with Crippen molar-refractivity contribution in [2.45, 2.75) is 44.4 Å². The molecule has 4 heterocycles. The summed E-state index contributed by atoms with van der Waals surface area (Å²) in [5.41, 5.74) is 9.38. The first-order chi connectivity index (χ1) is 18.9. The fourth-order valence-corrected chi connectivity index (χ4v) is 5.19. The van der Waals surface area contributed by atoms with Gasteiger partial charge in [-0.05, 0) is 63.7 Å². The third kappa shape index (κ3) is 6.50. The van der Waals surface area contributed by atoms with Crippen molar-refractivity contribution in [2.75, 3.05) is 64.2 Å². The number of likely N-dealkylation sites (tertiary alicyclic amines) is 1. The van der Waals surface area contributed by atoms with Crippen LogP contribution in [0.5, 0.6) is 11.6 Å². The Hall–Kier alpha value is -3.25. The van der Waals surface area contributed by atoms with Gasteiger partial charge in [0.1, 0.15) is 0 Å². The van der Waals surface area contributed by atoms with Gasteiger partial charge in [0.2, 0.25) is 0 Å². The lowest BCUT2D eigenvalue weighted by molar-refractivity contribution is 0.0987. The van der Waals surface area contributed by atoms with Crippen LogP contribution in [0.15, 0.2) is 36.8 Å². The summed E-state index contributed by atoms with van der Waals surface area (Å²) in [6, 6.07) is 6.59. The van der Waals surface area contributed by atoms with Crippen molar-refractivity contribution in [3.05, 3.63) is 42.4 Å². The van der Waals surface area contributed by atoms with Crippen molar-refractivity contribution in [1.82, 2.24) is 24.6 Å². The number of methoxy groups -OCH3 is 1. The summed E-state index contributed by atoms with van der Waals surface area (Å²) in [6.45, 7) is 6.75. The molecule has 3 aromatic rings. The van der Waals surface area contributed by atoms with Gasteiger partial charge in [-0.3, -0.25) is 4.68 Å². The number of nitrogen functional groups attached to an aromatic ring is 1. The van der Waals surface area contributed by atoms with Gasteiger partial charge in [0.25, 0.3) is 5.88 Å². The fraction of sp³-hybridized carbons (Fsp3) is 0.536. The summed E-state index contributed by atoms with van der Waals surface area (Å²) in [7, 11) is 3.77. The van der Waals surface area contributed by atoms with Crippen LogP contribution in [0.3, 0.4) is 0 Å². The maximum atomic E-state index is 10.9. The lowest BCUT2D eigenvalue weighted by Crippen LogP contribution is -2.43. The van der Waals surface area contributed by atoms with Gasteiger partial charge in [-0.2, -0.15) is 5.10 Å². The van der Waals surface area contributed by atoms with Crippen LogP contribution in [0.2, 0.25) is 0 Å². The Kier molecular flexibility index (Phi) is 8.61. The van der Waals surface area contributed by atoms with Crippen LogP contribution in [0.4, 0.5) is 11.5 Å². The van der Waals surface area contributed by atoms with Gasteiger partial charge in [-0.25, -0.2) is 9.97 Å². The Morgan fingerprint density at radius 2 is 2.00 bits per heavy atom. The third-order valence-corrected chi connectivity index (χ3v) is 7.54. The molecule has 2 aromatic heterocycles. The van der Waals surface area contributed by atoms with Crippen molar-refractivity contribution in [3.8, 4) is 22.9 Å². The summed E-state index contributed by atoms with van der Waals surface area (Å²) in [4.78, 5) is 13.7. The number of nitrogens with two attached hydrogens (primary N) is 1. The molecule has 0 bridgehead atoms. The zero-order chi connectivity index (χ0) is 27.4. The second-order valence-corrected chi connectivity index (χ2v) is 10.5. The molecule has 5 rings (SSSR count). The predicted molar refractivity (Wildman–Crippen MR) is 149 cm³/mol. The first-order valence-corrected chi connectivity index (χ1v) is 13.6. The molecule has 0 aliphatic carbocycles. The first kappa shape index (κ1) is 27.3. The lowest BCUT2D eigenvalue weighted by Gasteiger charge is -2.36. The highest BCUT2D eigenvalue weighted by Crippen LogP contribution is 2.34. The van der Waals surface area contributed by atoms with Gasteiger partial charge < -0.3 is 34.9 Å². The molecule has 39 heavy (non-hydrogen) atoms. The molecule has 1 aromatic carbocycles. The van der Waals surface area contributed by atoms with E-state index in [1.165, 1.54) is 0 Å². The highest BCUT2D eigenvalue weighted by Gasteiger charge is 2.23. The van der Waals surface area contributed by atoms with Crippen molar-refractivity contribution < 1.29 is 19.3 Å². The van der Waals surface area contributed by atoms with Crippen molar-refractivity contribution in [2.24, 2.45) is 0 Å². The minimum Gasteiger partial charge on any atom is -0.433 e. The SMILES string of the molecule is COCCC(O)c1cc(-c2cnc(N)c(Oc3cnn(C4CCN(C)CC4)c3)n2)cc(N2CCOCC2C)c1. The minimum absolute atomic E-state index is 0.198. The number of hydrogen-bond donors (Lipinski definition) is 2. The molecular formula is C28H39N7O4. The van der Waals surface area contributed by atoms with Crippen LogP contribution >= 0.6 is 0 Å². The molecule has 11 heteroatoms. The summed E-state index contributed by atoms with van der Waals surface area (Å²) in [6.07, 6.45) is 7.13. The highest BCUT2D eigenvalue weighted by atomic mass is 16.5. The average molecular weight is 538 g/mol. The van der Waals surface area contributed by atoms with Crippen LogP contribution in [-0.2, 0) is 9.47 Å². The van der Waals surface area contributed by atoms with Gasteiger partial charge in [-0.15, -0.1) is 0 Å². The topological polar surface area (TPSA) is 124 Å². The van der Waals surface area contributed by atoms with E-state index in [1.54, 1.807) is 19.5 Å². The standard InChI is InChI=1S/C28H39N7O4/c1-19-18-38-11-9-34(19)23-13-20(12-21(14-23)26(36)6-10-37-3)25-16-30-27(29)28(32-25)39-24-15-31-35(17-24)22-4-7-33(2)8-5-22/h12-17,19,22,26,36H,4-11,18H2,1-3H3,(H2,29,30). The number of rotatable bonds is 9. The zero-order valence-corrected chi connectivity index (χ0v) is 23.0. The van der Waals surface area contributed by atoms with E-state index in [0.29, 0.717) is 43.7 Å². The Labute approximate surface area is 229 Å². The number of aliphatic hydroxyl groups excluding tert-OH is 1. The van der Waals surface area contributed by atoms with Gasteiger partial charge in [0.15, 0.2) is 11.6 Å². The Morgan fingerprint density at radius 1 is 1.18 bits per heavy atom. The number of hydrogen-bond acceptors (Lipinski definition) is 10. The fourth-order valence-electron chi connectivity index (χ4n) is 5.19. The van der Waals surface area contributed by atoms with Gasteiger partial charge in [-0.1, -0.05) is 0 Å². The van der Waals surface area contributed by atoms with Crippen LogP contribution < -0.4 is 15.4 Å². The molecule has 2 atom stereocenters. The van der Waals surface area contributed by atoms with Crippen LogP contribution in [-0.4, -0.2) is 89.4 Å². The van der Waals surface area contributed by atoms with Crippen molar-refractivity contribution >= 4 is 11.5 Å². The quantitative estimate of drug-likeness (QED) is 0.420. The Balaban J connectivity index is 1.42. The summed E-state index contributed by atoms with van der Waals surface area (Å²) < 4.78 is 18.9. The highest BCUT2D eigenvalue weighted by molar-refractivity contribution is 5.68. The molecule has 3 N–H and O–H groups in total. The van der Waals surface area contributed by atoms with E-state index in [-0.39, 0.29) is 17.7 Å². The van der Waals surface area contributed by atoms with Crippen LogP contribution in [0.25, 0.3) is 11.3 Å². The number of nitrogens with zero attached hydrogens (tertiary/aromatic N) is 6. The third-order valence-electron chi connectivity index (χ3n) is 7.54. The number of aliphatic hydroxyl groups is 1. The Bertz CT molecular complexity index is 1240. The smallest absolute Gasteiger partial charge is 0.263 e. The molecule has 0 amide bonds. The second-order valence-electron chi connectivity index (χ2n) is 10.5. The Morgan fingerprint density at radius 3 is 2.77 bits per heavy atom. The van der Waals surface area contributed by atoms with Gasteiger partial charge in [0, 0.05) is 44.0 Å².